The zero-order valence-electron chi connectivity index (χ0n) is 29.4. The fraction of sp³-hybridized carbons (Fsp3) is 0.576. The number of aromatic nitrogens is 2. The van der Waals surface area contributed by atoms with Crippen LogP contribution in [0.2, 0.25) is 0 Å². The first-order chi connectivity index (χ1) is 23.1. The number of nitrogens with one attached hydrogen (secondary N) is 2. The molecular formula is C33H48N6O9S. The van der Waals surface area contributed by atoms with Crippen LogP contribution in [0.1, 0.15) is 73.3 Å². The highest BCUT2D eigenvalue weighted by molar-refractivity contribution is 7.89. The van der Waals surface area contributed by atoms with E-state index < -0.39 is 34.1 Å². The van der Waals surface area contributed by atoms with Crippen LogP contribution in [0.5, 0.6) is 5.75 Å². The summed E-state index contributed by atoms with van der Waals surface area (Å²) < 4.78 is 51.2. The van der Waals surface area contributed by atoms with Gasteiger partial charge in [0.1, 0.15) is 27.7 Å². The predicted octanol–water partition coefficient (Wildman–Crippen LogP) is 4.66. The summed E-state index contributed by atoms with van der Waals surface area (Å²) in [7, 11) is -2.48. The number of fused-ring (bicyclic) bond motifs is 1. The first-order valence-electron chi connectivity index (χ1n) is 16.4. The molecule has 3 N–H and O–H groups in total. The topological polar surface area (TPSA) is 190 Å². The maximum atomic E-state index is 14.4. The van der Waals surface area contributed by atoms with E-state index in [1.807, 2.05) is 13.8 Å². The maximum Gasteiger partial charge on any atom is 0.323 e. The van der Waals surface area contributed by atoms with Gasteiger partial charge in [-0.2, -0.15) is 4.31 Å². The Morgan fingerprint density at radius 3 is 2.41 bits per heavy atom. The van der Waals surface area contributed by atoms with Gasteiger partial charge in [0.15, 0.2) is 11.5 Å². The first-order valence-corrected chi connectivity index (χ1v) is 17.8. The molecule has 2 aromatic heterocycles. The lowest BCUT2D eigenvalue weighted by Crippen LogP contribution is -2.48. The number of ether oxygens (including phenoxy) is 2. The minimum Gasteiger partial charge on any atom is -0.490 e. The molecule has 0 saturated heterocycles. The van der Waals surface area contributed by atoms with Crippen molar-refractivity contribution < 1.29 is 41.6 Å². The fourth-order valence-electron chi connectivity index (χ4n) is 5.75. The van der Waals surface area contributed by atoms with E-state index in [-0.39, 0.29) is 53.6 Å². The van der Waals surface area contributed by atoms with E-state index in [1.54, 1.807) is 52.8 Å². The molecule has 3 aromatic rings. The van der Waals surface area contributed by atoms with Gasteiger partial charge in [-0.15, -0.1) is 0 Å². The summed E-state index contributed by atoms with van der Waals surface area (Å²) in [5, 5.41) is 23.4. The third kappa shape index (κ3) is 8.98. The minimum absolute atomic E-state index is 0.00745. The van der Waals surface area contributed by atoms with Gasteiger partial charge in [-0.1, -0.05) is 17.2 Å². The molecule has 3 amide bonds. The Kier molecular flexibility index (Phi) is 12.5. The molecule has 49 heavy (non-hydrogen) atoms. The highest BCUT2D eigenvalue weighted by Gasteiger charge is 2.34. The molecule has 16 heteroatoms. The van der Waals surface area contributed by atoms with Crippen LogP contribution in [0.25, 0.3) is 0 Å². The molecule has 0 spiro atoms. The van der Waals surface area contributed by atoms with Crippen LogP contribution in [0.4, 0.5) is 16.2 Å². The van der Waals surface area contributed by atoms with Crippen molar-refractivity contribution in [1.29, 1.82) is 0 Å². The molecule has 0 fully saturated rings. The van der Waals surface area contributed by atoms with Gasteiger partial charge in [0.2, 0.25) is 10.0 Å². The average molecular weight is 705 g/mol. The van der Waals surface area contributed by atoms with Crippen molar-refractivity contribution >= 4 is 33.3 Å². The number of nitrogens with zero attached hydrogens (tertiary/aromatic N) is 4. The fourth-order valence-corrected chi connectivity index (χ4v) is 7.22. The molecule has 0 unspecified atom stereocenters. The molecule has 1 aliphatic heterocycles. The molecule has 4 rings (SSSR count). The van der Waals surface area contributed by atoms with Crippen LogP contribution in [-0.4, -0.2) is 96.6 Å². The van der Waals surface area contributed by atoms with Gasteiger partial charge in [0.25, 0.3) is 5.91 Å². The number of likely N-dealkylation sites (N-methyl/N-ethyl adjacent to an activating group) is 1. The zero-order valence-corrected chi connectivity index (χ0v) is 30.2. The number of aliphatic hydroxyl groups excluding tert-OH is 1. The first kappa shape index (κ1) is 37.8. The van der Waals surface area contributed by atoms with Crippen LogP contribution in [0, 0.1) is 33.6 Å². The van der Waals surface area contributed by atoms with Gasteiger partial charge in [0, 0.05) is 38.3 Å². The van der Waals surface area contributed by atoms with Crippen molar-refractivity contribution in [2.75, 3.05) is 44.0 Å². The van der Waals surface area contributed by atoms with Crippen molar-refractivity contribution in [2.45, 2.75) is 90.9 Å². The molecule has 3 heterocycles. The zero-order chi connectivity index (χ0) is 36.0. The smallest absolute Gasteiger partial charge is 0.323 e. The molecule has 0 saturated carbocycles. The van der Waals surface area contributed by atoms with Gasteiger partial charge in [-0.05, 0) is 79.0 Å². The van der Waals surface area contributed by atoms with E-state index in [0.717, 1.165) is 6.42 Å². The molecule has 4 atom stereocenters. The lowest BCUT2D eigenvalue weighted by molar-refractivity contribution is -0.00835. The van der Waals surface area contributed by atoms with Crippen molar-refractivity contribution in [3.05, 3.63) is 46.7 Å². The van der Waals surface area contributed by atoms with E-state index in [0.29, 0.717) is 48.0 Å². The van der Waals surface area contributed by atoms with Crippen molar-refractivity contribution in [2.24, 2.45) is 5.92 Å². The Bertz CT molecular complexity index is 1680. The summed E-state index contributed by atoms with van der Waals surface area (Å²) in [6, 6.07) is 3.67. The number of hydrogen-bond donors (Lipinski definition) is 3. The number of hydrogen-bond acceptors (Lipinski definition) is 11. The number of carbonyl (C=O) groups is 2. The van der Waals surface area contributed by atoms with E-state index in [2.05, 4.69) is 20.9 Å². The van der Waals surface area contributed by atoms with Crippen molar-refractivity contribution in [3.8, 4) is 5.75 Å². The van der Waals surface area contributed by atoms with Crippen molar-refractivity contribution in [3.63, 3.8) is 0 Å². The number of benzene rings is 1. The van der Waals surface area contributed by atoms with Crippen LogP contribution in [-0.2, 0) is 14.8 Å². The summed E-state index contributed by atoms with van der Waals surface area (Å²) in [6.45, 7) is 12.2. The second-order valence-corrected chi connectivity index (χ2v) is 14.7. The minimum atomic E-state index is -3.96. The number of carbonyl (C=O) groups excluding carboxylic acids is 2. The molecule has 0 aliphatic carbocycles. The Labute approximate surface area is 287 Å². The Morgan fingerprint density at radius 1 is 1.08 bits per heavy atom. The van der Waals surface area contributed by atoms with Crippen molar-refractivity contribution in [1.82, 2.24) is 19.5 Å². The quantitative estimate of drug-likeness (QED) is 0.296. The Balaban J connectivity index is 1.64. The van der Waals surface area contributed by atoms with Crippen LogP contribution < -0.4 is 15.4 Å². The number of sulfonamides is 1. The lowest BCUT2D eigenvalue weighted by Gasteiger charge is -2.35. The maximum absolute atomic E-state index is 14.4. The standard InChI is InChI=1S/C33H48N6O9S/c1-19-16-39(20(2)18-40)32(41)27-15-26(34-33(42)35-30-22(4)36-47-24(30)6)12-13-28(27)46-21(3)11-9-10-14-45-29(19)17-38(8)49(43,44)31-23(5)37-48-25(31)7/h12-13,15,19-21,29,40H,9-11,14,16-18H2,1-8H3,(H2,34,35,42)/t19-,20+,21-,29-/m1/s1. The summed E-state index contributed by atoms with van der Waals surface area (Å²) in [4.78, 5) is 28.8. The normalized spacial score (nSPS) is 20.3. The molecule has 1 aliphatic rings. The SMILES string of the molecule is Cc1noc(C)c1NC(=O)Nc1ccc2c(c1)C(=O)N([C@@H](C)CO)C[C@@H](C)[C@@H](CN(C)S(=O)(=O)c1c(C)noc1C)OCCCC[C@@H](C)O2. The number of aryl methyl sites for hydroxylation is 4. The number of urea groups is 1. The molecular weight excluding hydrogens is 656 g/mol. The number of anilines is 2. The number of rotatable bonds is 8. The Hall–Kier alpha value is -3.99. The van der Waals surface area contributed by atoms with Gasteiger partial charge >= 0.3 is 6.03 Å². The number of amides is 3. The summed E-state index contributed by atoms with van der Waals surface area (Å²) in [5.41, 5.74) is 1.77. The third-order valence-electron chi connectivity index (χ3n) is 8.65. The molecule has 0 bridgehead atoms. The van der Waals surface area contributed by atoms with Gasteiger partial charge < -0.3 is 39.2 Å². The van der Waals surface area contributed by atoms with Crippen LogP contribution >= 0.6 is 0 Å². The molecule has 270 valence electrons. The molecule has 0 radical (unpaired) electrons. The summed E-state index contributed by atoms with van der Waals surface area (Å²) in [6.07, 6.45) is 1.31. The predicted molar refractivity (Wildman–Crippen MR) is 181 cm³/mol. The Morgan fingerprint density at radius 2 is 1.78 bits per heavy atom. The third-order valence-corrected chi connectivity index (χ3v) is 10.7. The second-order valence-electron chi connectivity index (χ2n) is 12.7. The number of aliphatic hydroxyl groups is 1. The second kappa shape index (κ2) is 16.1. The largest absolute Gasteiger partial charge is 0.490 e. The van der Waals surface area contributed by atoms with Crippen LogP contribution in [0.3, 0.4) is 0 Å². The monoisotopic (exact) mass is 704 g/mol. The highest BCUT2D eigenvalue weighted by Crippen LogP contribution is 2.30. The van der Waals surface area contributed by atoms with Gasteiger partial charge in [0.05, 0.1) is 30.4 Å². The van der Waals surface area contributed by atoms with Gasteiger partial charge in [-0.25, -0.2) is 13.2 Å². The highest BCUT2D eigenvalue weighted by atomic mass is 32.2. The summed E-state index contributed by atoms with van der Waals surface area (Å²) in [5.74, 6) is 0.188. The van der Waals surface area contributed by atoms with E-state index in [1.165, 1.54) is 16.3 Å². The van der Waals surface area contributed by atoms with Gasteiger partial charge in [-0.3, -0.25) is 4.79 Å². The van der Waals surface area contributed by atoms with E-state index in [4.69, 9.17) is 18.5 Å². The summed E-state index contributed by atoms with van der Waals surface area (Å²) >= 11 is 0. The molecule has 15 nitrogen and oxygen atoms in total. The lowest BCUT2D eigenvalue weighted by atomic mass is 10.0. The van der Waals surface area contributed by atoms with E-state index in [9.17, 15) is 23.1 Å². The van der Waals surface area contributed by atoms with Crippen LogP contribution in [0.15, 0.2) is 32.1 Å². The molecule has 1 aromatic carbocycles. The van der Waals surface area contributed by atoms with E-state index >= 15 is 0 Å². The average Bonchev–Trinajstić information content (AvgIpc) is 3.56.